The van der Waals surface area contributed by atoms with E-state index >= 15 is 0 Å². The number of carboxylic acids is 1. The van der Waals surface area contributed by atoms with Gasteiger partial charge in [0.2, 0.25) is 15.9 Å². The van der Waals surface area contributed by atoms with Crippen molar-refractivity contribution in [3.05, 3.63) is 39.3 Å². The molecule has 0 spiro atoms. The van der Waals surface area contributed by atoms with Crippen molar-refractivity contribution in [1.29, 1.82) is 0 Å². The predicted octanol–water partition coefficient (Wildman–Crippen LogP) is 5.41. The molecule has 0 bridgehead atoms. The maximum absolute atomic E-state index is 13.6. The Hall–Kier alpha value is -2.62. The van der Waals surface area contributed by atoms with Crippen LogP contribution in [0.5, 0.6) is 0 Å². The summed E-state index contributed by atoms with van der Waals surface area (Å²) in [6, 6.07) is 3.30. The SMILES string of the molecule is CC(C)c1cc(C(C)C)c(S(=O)(=O)NCC2CCC(C(=O)N[C@H](CN=[N+]=[N-])CC(=O)O)CC2)c(C(C)C)c1. The van der Waals surface area contributed by atoms with Gasteiger partial charge in [0, 0.05) is 30.0 Å². The Morgan fingerprint density at radius 1 is 1.03 bits per heavy atom. The van der Waals surface area contributed by atoms with Crippen LogP contribution < -0.4 is 10.0 Å². The first-order chi connectivity index (χ1) is 17.8. The van der Waals surface area contributed by atoms with Gasteiger partial charge in [0.25, 0.3) is 0 Å². The van der Waals surface area contributed by atoms with Gasteiger partial charge in [0.1, 0.15) is 0 Å². The molecule has 0 saturated heterocycles. The fourth-order valence-electron chi connectivity index (χ4n) is 4.95. The summed E-state index contributed by atoms with van der Waals surface area (Å²) in [6.45, 7) is 12.5. The number of sulfonamides is 1. The highest BCUT2D eigenvalue weighted by Gasteiger charge is 2.31. The maximum Gasteiger partial charge on any atom is 0.305 e. The molecule has 1 aromatic carbocycles. The van der Waals surface area contributed by atoms with E-state index in [9.17, 15) is 18.0 Å². The van der Waals surface area contributed by atoms with E-state index in [-0.39, 0.29) is 42.5 Å². The van der Waals surface area contributed by atoms with Gasteiger partial charge in [-0.3, -0.25) is 9.59 Å². The van der Waals surface area contributed by atoms with Crippen LogP contribution in [0.2, 0.25) is 0 Å². The number of carbonyl (C=O) groups is 2. The topological polar surface area (TPSA) is 161 Å². The lowest BCUT2D eigenvalue weighted by Crippen LogP contribution is -2.43. The molecule has 1 saturated carbocycles. The molecular formula is C27H43N5O5S. The van der Waals surface area contributed by atoms with Crippen LogP contribution in [0, 0.1) is 11.8 Å². The highest BCUT2D eigenvalue weighted by atomic mass is 32.2. The van der Waals surface area contributed by atoms with E-state index in [1.807, 2.05) is 39.8 Å². The van der Waals surface area contributed by atoms with Crippen LogP contribution in [0.1, 0.15) is 108 Å². The van der Waals surface area contributed by atoms with Gasteiger partial charge >= 0.3 is 5.97 Å². The molecule has 0 radical (unpaired) electrons. The number of benzene rings is 1. The van der Waals surface area contributed by atoms with Crippen LogP contribution in [-0.2, 0) is 19.6 Å². The second-order valence-corrected chi connectivity index (χ2v) is 13.0. The van der Waals surface area contributed by atoms with E-state index in [0.717, 1.165) is 16.7 Å². The summed E-state index contributed by atoms with van der Waals surface area (Å²) in [6.07, 6.45) is 2.20. The van der Waals surface area contributed by atoms with Crippen molar-refractivity contribution in [1.82, 2.24) is 10.0 Å². The zero-order chi connectivity index (χ0) is 28.6. The lowest BCUT2D eigenvalue weighted by molar-refractivity contribution is -0.137. The van der Waals surface area contributed by atoms with E-state index < -0.39 is 22.0 Å². The van der Waals surface area contributed by atoms with Gasteiger partial charge in [0.05, 0.1) is 11.3 Å². The molecule has 11 heteroatoms. The maximum atomic E-state index is 13.6. The van der Waals surface area contributed by atoms with Gasteiger partial charge in [-0.05, 0) is 71.6 Å². The second kappa shape index (κ2) is 14.0. The number of hydrogen-bond acceptors (Lipinski definition) is 5. The summed E-state index contributed by atoms with van der Waals surface area (Å²) >= 11 is 0. The first-order valence-electron chi connectivity index (χ1n) is 13.5. The van der Waals surface area contributed by atoms with Crippen molar-refractivity contribution >= 4 is 21.9 Å². The van der Waals surface area contributed by atoms with Crippen molar-refractivity contribution in [2.45, 2.75) is 102 Å². The summed E-state index contributed by atoms with van der Waals surface area (Å²) in [5, 5.41) is 15.1. The van der Waals surface area contributed by atoms with Crippen molar-refractivity contribution in [2.75, 3.05) is 13.1 Å². The first kappa shape index (κ1) is 31.6. The lowest BCUT2D eigenvalue weighted by atomic mass is 9.81. The van der Waals surface area contributed by atoms with Gasteiger partial charge < -0.3 is 10.4 Å². The highest BCUT2D eigenvalue weighted by molar-refractivity contribution is 7.89. The average Bonchev–Trinajstić information content (AvgIpc) is 2.85. The van der Waals surface area contributed by atoms with Gasteiger partial charge in [0.15, 0.2) is 0 Å². The smallest absolute Gasteiger partial charge is 0.305 e. The fraction of sp³-hybridized carbons (Fsp3) is 0.704. The number of carbonyl (C=O) groups excluding carboxylic acids is 1. The number of rotatable bonds is 13. The Bertz CT molecular complexity index is 1100. The molecule has 0 aliphatic heterocycles. The molecule has 1 atom stereocenters. The fourth-order valence-corrected chi connectivity index (χ4v) is 6.76. The van der Waals surface area contributed by atoms with Gasteiger partial charge in [-0.15, -0.1) is 0 Å². The monoisotopic (exact) mass is 549 g/mol. The van der Waals surface area contributed by atoms with E-state index in [1.165, 1.54) is 0 Å². The molecule has 38 heavy (non-hydrogen) atoms. The minimum atomic E-state index is -3.74. The van der Waals surface area contributed by atoms with Crippen molar-refractivity contribution < 1.29 is 23.1 Å². The van der Waals surface area contributed by atoms with E-state index in [4.69, 9.17) is 10.6 Å². The normalized spacial score (nSPS) is 18.9. The molecule has 10 nitrogen and oxygen atoms in total. The van der Waals surface area contributed by atoms with Crippen molar-refractivity contribution in [2.24, 2.45) is 17.0 Å². The molecule has 0 heterocycles. The molecule has 0 unspecified atom stereocenters. The minimum Gasteiger partial charge on any atom is -0.481 e. The van der Waals surface area contributed by atoms with Crippen LogP contribution >= 0.6 is 0 Å². The number of amides is 1. The number of aliphatic carboxylic acids is 1. The van der Waals surface area contributed by atoms with E-state index in [0.29, 0.717) is 43.0 Å². The summed E-state index contributed by atoms with van der Waals surface area (Å²) in [4.78, 5) is 26.8. The van der Waals surface area contributed by atoms with Crippen molar-refractivity contribution in [3.8, 4) is 0 Å². The van der Waals surface area contributed by atoms with Gasteiger partial charge in [-0.2, -0.15) is 0 Å². The zero-order valence-corrected chi connectivity index (χ0v) is 24.2. The second-order valence-electron chi connectivity index (χ2n) is 11.3. The summed E-state index contributed by atoms with van der Waals surface area (Å²) in [7, 11) is -3.74. The molecule has 1 aliphatic rings. The zero-order valence-electron chi connectivity index (χ0n) is 23.4. The number of azide groups is 1. The molecule has 212 valence electrons. The molecule has 1 amide bonds. The molecule has 3 N–H and O–H groups in total. The third kappa shape index (κ3) is 8.71. The Balaban J connectivity index is 2.08. The van der Waals surface area contributed by atoms with Gasteiger partial charge in [-0.25, -0.2) is 13.1 Å². The third-order valence-corrected chi connectivity index (χ3v) is 8.82. The average molecular weight is 550 g/mol. The van der Waals surface area contributed by atoms with E-state index in [2.05, 4.69) is 33.9 Å². The number of carboxylic acid groups (broad SMARTS) is 1. The van der Waals surface area contributed by atoms with Crippen LogP contribution in [-0.4, -0.2) is 44.5 Å². The number of hydrogen-bond donors (Lipinski definition) is 3. The number of nitrogens with one attached hydrogen (secondary N) is 2. The predicted molar refractivity (Wildman–Crippen MR) is 148 cm³/mol. The molecule has 1 aliphatic carbocycles. The highest BCUT2D eigenvalue weighted by Crippen LogP contribution is 2.35. The van der Waals surface area contributed by atoms with Crippen LogP contribution in [0.15, 0.2) is 22.1 Å². The molecular weight excluding hydrogens is 506 g/mol. The largest absolute Gasteiger partial charge is 0.481 e. The standard InChI is InChI=1S/C27H43N5O5S/c1-16(2)21-11-23(17(3)4)26(24(12-21)18(5)6)38(36,37)30-14-19-7-9-20(10-8-19)27(35)31-22(13-25(33)34)15-29-32-28/h11-12,16-20,22,30H,7-10,13-15H2,1-6H3,(H,31,35)(H,33,34)/t19?,20?,22-/m0/s1. The molecule has 1 fully saturated rings. The molecule has 0 aromatic heterocycles. The minimum absolute atomic E-state index is 0.0514. The third-order valence-electron chi connectivity index (χ3n) is 7.26. The summed E-state index contributed by atoms with van der Waals surface area (Å²) in [5.74, 6) is -1.12. The molecule has 1 aromatic rings. The lowest BCUT2D eigenvalue weighted by Gasteiger charge is -2.29. The Morgan fingerprint density at radius 2 is 1.58 bits per heavy atom. The molecule has 2 rings (SSSR count). The first-order valence-corrected chi connectivity index (χ1v) is 14.9. The van der Waals surface area contributed by atoms with Crippen LogP contribution in [0.25, 0.3) is 10.4 Å². The van der Waals surface area contributed by atoms with Crippen LogP contribution in [0.4, 0.5) is 0 Å². The van der Waals surface area contributed by atoms with Crippen molar-refractivity contribution in [3.63, 3.8) is 0 Å². The number of nitrogens with zero attached hydrogens (tertiary/aromatic N) is 3. The summed E-state index contributed by atoms with van der Waals surface area (Å²) < 4.78 is 30.1. The van der Waals surface area contributed by atoms with E-state index in [1.54, 1.807) is 0 Å². The Kier molecular flexibility index (Phi) is 11.6. The Morgan fingerprint density at radius 3 is 2.03 bits per heavy atom. The quantitative estimate of drug-likeness (QED) is 0.170. The Labute approximate surface area is 226 Å². The van der Waals surface area contributed by atoms with Gasteiger partial charge in [-0.1, -0.05) is 58.8 Å². The summed E-state index contributed by atoms with van der Waals surface area (Å²) in [5.41, 5.74) is 11.3. The van der Waals surface area contributed by atoms with Crippen LogP contribution in [0.3, 0.4) is 0 Å².